The van der Waals surface area contributed by atoms with E-state index in [1.807, 2.05) is 25.7 Å². The first-order valence-corrected chi connectivity index (χ1v) is 9.87. The highest BCUT2D eigenvalue weighted by atomic mass is 16.6. The number of aromatic carboxylic acids is 2. The topological polar surface area (TPSA) is 142 Å². The zero-order valence-electron chi connectivity index (χ0n) is 17.9. The number of hydrogen-bond acceptors (Lipinski definition) is 8. The van der Waals surface area contributed by atoms with Crippen LogP contribution in [0.5, 0.6) is 11.5 Å². The zero-order valence-corrected chi connectivity index (χ0v) is 17.9. The van der Waals surface area contributed by atoms with Gasteiger partial charge in [-0.15, -0.1) is 0 Å². The Morgan fingerprint density at radius 3 is 2.03 bits per heavy atom. The third-order valence-corrected chi connectivity index (χ3v) is 4.52. The molecule has 1 fully saturated rings. The Labute approximate surface area is 184 Å². The molecule has 2 heterocycles. The third kappa shape index (κ3) is 5.62. The van der Waals surface area contributed by atoms with Crippen molar-refractivity contribution in [2.45, 2.75) is 26.4 Å². The lowest BCUT2D eigenvalue weighted by Gasteiger charge is -2.35. The molecule has 170 valence electrons. The van der Waals surface area contributed by atoms with Crippen LogP contribution in [0.2, 0.25) is 0 Å². The molecule has 0 radical (unpaired) electrons. The summed E-state index contributed by atoms with van der Waals surface area (Å²) in [4.78, 5) is 46.7. The molecule has 11 nitrogen and oxygen atoms in total. The number of amides is 1. The van der Waals surface area contributed by atoms with Gasteiger partial charge in [-0.1, -0.05) is 0 Å². The average Bonchev–Trinajstić information content (AvgIpc) is 2.73. The number of carbonyl (C=O) groups is 3. The monoisotopic (exact) mass is 444 g/mol. The van der Waals surface area contributed by atoms with Crippen LogP contribution < -0.4 is 9.64 Å². The number of hydrogen-bond donors (Lipinski definition) is 2. The van der Waals surface area contributed by atoms with E-state index in [4.69, 9.17) is 14.6 Å². The van der Waals surface area contributed by atoms with Crippen LogP contribution in [-0.4, -0.2) is 74.9 Å². The number of aromatic nitrogens is 2. The fraction of sp³-hybridized carbons (Fsp3) is 0.381. The van der Waals surface area contributed by atoms with E-state index < -0.39 is 17.5 Å². The zero-order chi connectivity index (χ0) is 23.5. The van der Waals surface area contributed by atoms with Gasteiger partial charge in [-0.3, -0.25) is 0 Å². The van der Waals surface area contributed by atoms with Gasteiger partial charge < -0.3 is 29.5 Å². The van der Waals surface area contributed by atoms with Crippen LogP contribution in [0.15, 0.2) is 30.6 Å². The van der Waals surface area contributed by atoms with Crippen LogP contribution in [0, 0.1) is 0 Å². The highest BCUT2D eigenvalue weighted by Crippen LogP contribution is 2.24. The van der Waals surface area contributed by atoms with E-state index in [9.17, 15) is 19.5 Å². The summed E-state index contributed by atoms with van der Waals surface area (Å²) < 4.78 is 11.0. The fourth-order valence-electron chi connectivity index (χ4n) is 3.03. The van der Waals surface area contributed by atoms with E-state index in [-0.39, 0.29) is 28.7 Å². The average molecular weight is 444 g/mol. The highest BCUT2D eigenvalue weighted by molar-refractivity contribution is 6.02. The molecule has 0 unspecified atom stereocenters. The van der Waals surface area contributed by atoms with E-state index in [1.54, 1.807) is 4.90 Å². The van der Waals surface area contributed by atoms with Gasteiger partial charge in [0.05, 0.1) is 23.5 Å². The van der Waals surface area contributed by atoms with E-state index in [1.165, 1.54) is 24.5 Å². The molecule has 1 aliphatic heterocycles. The molecule has 11 heteroatoms. The van der Waals surface area contributed by atoms with Crippen LogP contribution in [-0.2, 0) is 4.74 Å². The van der Waals surface area contributed by atoms with E-state index in [0.29, 0.717) is 32.1 Å². The molecule has 1 aromatic carbocycles. The number of ether oxygens (including phenoxy) is 2. The van der Waals surface area contributed by atoms with Gasteiger partial charge in [-0.05, 0) is 39.0 Å². The van der Waals surface area contributed by atoms with Gasteiger partial charge in [-0.2, -0.15) is 0 Å². The predicted octanol–water partition coefficient (Wildman–Crippen LogP) is 2.72. The van der Waals surface area contributed by atoms with Crippen molar-refractivity contribution in [1.82, 2.24) is 14.9 Å². The molecule has 32 heavy (non-hydrogen) atoms. The molecular weight excluding hydrogens is 420 g/mol. The minimum Gasteiger partial charge on any atom is -0.478 e. The van der Waals surface area contributed by atoms with Crippen molar-refractivity contribution in [3.63, 3.8) is 0 Å². The van der Waals surface area contributed by atoms with Gasteiger partial charge >= 0.3 is 18.0 Å². The van der Waals surface area contributed by atoms with Crippen LogP contribution in [0.25, 0.3) is 0 Å². The molecule has 1 saturated heterocycles. The molecule has 0 aliphatic carbocycles. The third-order valence-electron chi connectivity index (χ3n) is 4.52. The molecule has 0 saturated carbocycles. The van der Waals surface area contributed by atoms with Crippen molar-refractivity contribution in [3.05, 3.63) is 41.7 Å². The standard InChI is InChI=1S/C21H24N4O7/c1-21(2,3)32-20(30)25-8-6-24(7-9-25)19-22-11-14(12-23-19)31-13-4-5-15(17(26)27)16(10-13)18(28)29/h4-5,10-12H,6-9H2,1-3H3,(H,26,27)(H,28,29). The summed E-state index contributed by atoms with van der Waals surface area (Å²) in [5, 5.41) is 18.3. The van der Waals surface area contributed by atoms with Crippen LogP contribution in [0.3, 0.4) is 0 Å². The lowest BCUT2D eigenvalue weighted by Crippen LogP contribution is -2.50. The van der Waals surface area contributed by atoms with Gasteiger partial charge in [0, 0.05) is 26.2 Å². The molecule has 0 bridgehead atoms. The quantitative estimate of drug-likeness (QED) is 0.706. The predicted molar refractivity (Wildman–Crippen MR) is 112 cm³/mol. The molecule has 1 aromatic heterocycles. The Kier molecular flexibility index (Phi) is 6.47. The number of rotatable bonds is 5. The van der Waals surface area contributed by atoms with Crippen molar-refractivity contribution in [1.29, 1.82) is 0 Å². The van der Waals surface area contributed by atoms with Gasteiger partial charge in [0.15, 0.2) is 5.75 Å². The number of nitrogens with zero attached hydrogens (tertiary/aromatic N) is 4. The lowest BCUT2D eigenvalue weighted by atomic mass is 10.1. The number of carboxylic acids is 2. The van der Waals surface area contributed by atoms with Crippen LogP contribution in [0.4, 0.5) is 10.7 Å². The maximum Gasteiger partial charge on any atom is 0.410 e. The van der Waals surface area contributed by atoms with Crippen molar-refractivity contribution in [2.75, 3.05) is 31.1 Å². The second kappa shape index (κ2) is 9.08. The summed E-state index contributed by atoms with van der Waals surface area (Å²) in [7, 11) is 0. The van der Waals surface area contributed by atoms with E-state index >= 15 is 0 Å². The Morgan fingerprint density at radius 1 is 0.906 bits per heavy atom. The van der Waals surface area contributed by atoms with Gasteiger partial charge in [0.25, 0.3) is 0 Å². The summed E-state index contributed by atoms with van der Waals surface area (Å²) in [6.45, 7) is 7.50. The number of carboxylic acid groups (broad SMARTS) is 2. The maximum atomic E-state index is 12.2. The summed E-state index contributed by atoms with van der Waals surface area (Å²) in [5.41, 5.74) is -1.26. The normalized spacial score (nSPS) is 14.1. The Bertz CT molecular complexity index is 1010. The lowest BCUT2D eigenvalue weighted by molar-refractivity contribution is 0.0239. The number of carbonyl (C=O) groups excluding carboxylic acids is 1. The Balaban J connectivity index is 1.62. The smallest absolute Gasteiger partial charge is 0.410 e. The van der Waals surface area contributed by atoms with Crippen molar-refractivity contribution >= 4 is 24.0 Å². The first-order valence-electron chi connectivity index (χ1n) is 9.87. The summed E-state index contributed by atoms with van der Waals surface area (Å²) in [6, 6.07) is 3.66. The van der Waals surface area contributed by atoms with Crippen LogP contribution in [0.1, 0.15) is 41.5 Å². The summed E-state index contributed by atoms with van der Waals surface area (Å²) >= 11 is 0. The first kappa shape index (κ1) is 22.8. The number of piperazine rings is 1. The van der Waals surface area contributed by atoms with Gasteiger partial charge in [-0.25, -0.2) is 24.4 Å². The first-order chi connectivity index (χ1) is 15.0. The second-order valence-corrected chi connectivity index (χ2v) is 8.09. The molecule has 0 atom stereocenters. The molecule has 2 N–H and O–H groups in total. The number of anilines is 1. The van der Waals surface area contributed by atoms with E-state index in [2.05, 4.69) is 9.97 Å². The molecule has 1 aliphatic rings. The summed E-state index contributed by atoms with van der Waals surface area (Å²) in [5.74, 6) is -1.83. The van der Waals surface area contributed by atoms with E-state index in [0.717, 1.165) is 6.07 Å². The van der Waals surface area contributed by atoms with Crippen molar-refractivity contribution < 1.29 is 34.1 Å². The summed E-state index contributed by atoms with van der Waals surface area (Å²) in [6.07, 6.45) is 2.53. The maximum absolute atomic E-state index is 12.2. The minimum absolute atomic E-state index is 0.148. The molecule has 2 aromatic rings. The molecule has 1 amide bonds. The van der Waals surface area contributed by atoms with Gasteiger partial charge in [0.2, 0.25) is 5.95 Å². The Hall–Kier alpha value is -3.89. The Morgan fingerprint density at radius 2 is 1.50 bits per heavy atom. The molecular formula is C21H24N4O7. The van der Waals surface area contributed by atoms with Crippen LogP contribution >= 0.6 is 0 Å². The molecule has 0 spiro atoms. The minimum atomic E-state index is -1.37. The van der Waals surface area contributed by atoms with Crippen molar-refractivity contribution in [2.24, 2.45) is 0 Å². The number of benzene rings is 1. The second-order valence-electron chi connectivity index (χ2n) is 8.09. The fourth-order valence-corrected chi connectivity index (χ4v) is 3.03. The molecule has 3 rings (SSSR count). The van der Waals surface area contributed by atoms with Crippen molar-refractivity contribution in [3.8, 4) is 11.5 Å². The SMILES string of the molecule is CC(C)(C)OC(=O)N1CCN(c2ncc(Oc3ccc(C(=O)O)c(C(=O)O)c3)cn2)CC1. The largest absolute Gasteiger partial charge is 0.478 e. The van der Waals surface area contributed by atoms with Gasteiger partial charge in [0.1, 0.15) is 11.4 Å². The highest BCUT2D eigenvalue weighted by Gasteiger charge is 2.26.